The summed E-state index contributed by atoms with van der Waals surface area (Å²) >= 11 is 0. The van der Waals surface area contributed by atoms with E-state index in [9.17, 15) is 4.79 Å². The van der Waals surface area contributed by atoms with Crippen LogP contribution in [0.4, 0.5) is 0 Å². The Morgan fingerprint density at radius 3 is 2.58 bits per heavy atom. The van der Waals surface area contributed by atoms with Crippen LogP contribution in [0.25, 0.3) is 11.3 Å². The number of amides is 1. The van der Waals surface area contributed by atoms with Crippen molar-refractivity contribution in [2.45, 2.75) is 25.9 Å². The summed E-state index contributed by atoms with van der Waals surface area (Å²) in [5.41, 5.74) is 9.82. The highest BCUT2D eigenvalue weighted by molar-refractivity contribution is 5.76. The van der Waals surface area contributed by atoms with Crippen molar-refractivity contribution in [1.29, 1.82) is 0 Å². The third kappa shape index (κ3) is 4.27. The van der Waals surface area contributed by atoms with Gasteiger partial charge in [0.15, 0.2) is 11.5 Å². The minimum absolute atomic E-state index is 0.00890. The Morgan fingerprint density at radius 1 is 1.03 bits per heavy atom. The molecule has 7 nitrogen and oxygen atoms in total. The molecule has 2 aromatic carbocycles. The summed E-state index contributed by atoms with van der Waals surface area (Å²) < 4.78 is 13.0. The van der Waals surface area contributed by atoms with E-state index >= 15 is 0 Å². The molecule has 160 valence electrons. The standard InChI is InChI=1S/C24H26N4O3/c25-24(29)18-8-10-27(11-9-18)14-20-15-28(13-17-4-2-1-3-5-17)26-23(20)19-6-7-21-22(12-19)31-16-30-21/h1-7,12,15,18H,8-11,13-14,16H2,(H2,25,29). The van der Waals surface area contributed by atoms with Gasteiger partial charge in [-0.05, 0) is 49.7 Å². The van der Waals surface area contributed by atoms with Gasteiger partial charge in [0.05, 0.1) is 12.2 Å². The quantitative estimate of drug-likeness (QED) is 0.665. The van der Waals surface area contributed by atoms with Crippen LogP contribution >= 0.6 is 0 Å². The number of likely N-dealkylation sites (tertiary alicyclic amines) is 1. The lowest BCUT2D eigenvalue weighted by Gasteiger charge is -2.30. The zero-order chi connectivity index (χ0) is 21.2. The van der Waals surface area contributed by atoms with Gasteiger partial charge in [-0.1, -0.05) is 30.3 Å². The molecule has 1 aromatic heterocycles. The van der Waals surface area contributed by atoms with Crippen LogP contribution in [0.5, 0.6) is 11.5 Å². The molecule has 0 spiro atoms. The highest BCUT2D eigenvalue weighted by Gasteiger charge is 2.25. The lowest BCUT2D eigenvalue weighted by Crippen LogP contribution is -2.38. The monoisotopic (exact) mass is 418 g/mol. The van der Waals surface area contributed by atoms with E-state index < -0.39 is 0 Å². The maximum atomic E-state index is 11.5. The number of benzene rings is 2. The fourth-order valence-corrected chi connectivity index (χ4v) is 4.33. The van der Waals surface area contributed by atoms with E-state index in [1.54, 1.807) is 0 Å². The van der Waals surface area contributed by atoms with E-state index in [0.717, 1.165) is 60.8 Å². The van der Waals surface area contributed by atoms with Crippen LogP contribution in [0.15, 0.2) is 54.7 Å². The molecular formula is C24H26N4O3. The SMILES string of the molecule is NC(=O)C1CCN(Cc2cn(Cc3ccccc3)nc2-c2ccc3c(c2)OCO3)CC1. The summed E-state index contributed by atoms with van der Waals surface area (Å²) in [5.74, 6) is 1.33. The summed E-state index contributed by atoms with van der Waals surface area (Å²) in [6, 6.07) is 16.3. The molecule has 0 unspecified atom stereocenters. The molecule has 2 N–H and O–H groups in total. The molecular weight excluding hydrogens is 392 g/mol. The lowest BCUT2D eigenvalue weighted by atomic mass is 9.96. The molecule has 5 rings (SSSR count). The first-order valence-electron chi connectivity index (χ1n) is 10.7. The molecule has 31 heavy (non-hydrogen) atoms. The average molecular weight is 418 g/mol. The van der Waals surface area contributed by atoms with E-state index in [-0.39, 0.29) is 18.6 Å². The van der Waals surface area contributed by atoms with E-state index in [4.69, 9.17) is 20.3 Å². The fourth-order valence-electron chi connectivity index (χ4n) is 4.33. The Bertz CT molecular complexity index is 1070. The minimum atomic E-state index is -0.184. The Hall–Kier alpha value is -3.32. The smallest absolute Gasteiger partial charge is 0.231 e. The summed E-state index contributed by atoms with van der Waals surface area (Å²) in [6.07, 6.45) is 3.76. The van der Waals surface area contributed by atoms with Crippen LogP contribution in [-0.4, -0.2) is 40.5 Å². The predicted molar refractivity (Wildman–Crippen MR) is 117 cm³/mol. The first-order chi connectivity index (χ1) is 15.2. The van der Waals surface area contributed by atoms with Crippen molar-refractivity contribution in [3.8, 4) is 22.8 Å². The number of carbonyl (C=O) groups is 1. The van der Waals surface area contributed by atoms with Crippen molar-refractivity contribution in [2.75, 3.05) is 19.9 Å². The van der Waals surface area contributed by atoms with Gasteiger partial charge < -0.3 is 15.2 Å². The van der Waals surface area contributed by atoms with Gasteiger partial charge in [-0.25, -0.2) is 0 Å². The molecule has 2 aliphatic heterocycles. The number of carbonyl (C=O) groups excluding carboxylic acids is 1. The number of hydrogen-bond donors (Lipinski definition) is 1. The van der Waals surface area contributed by atoms with Crippen LogP contribution in [0.3, 0.4) is 0 Å². The molecule has 2 aliphatic rings. The van der Waals surface area contributed by atoms with Gasteiger partial charge in [-0.3, -0.25) is 14.4 Å². The van der Waals surface area contributed by atoms with Crippen molar-refractivity contribution >= 4 is 5.91 Å². The molecule has 3 heterocycles. The van der Waals surface area contributed by atoms with Crippen molar-refractivity contribution in [1.82, 2.24) is 14.7 Å². The van der Waals surface area contributed by atoms with Crippen LogP contribution < -0.4 is 15.2 Å². The molecule has 1 fully saturated rings. The summed E-state index contributed by atoms with van der Waals surface area (Å²) in [4.78, 5) is 13.9. The second-order valence-corrected chi connectivity index (χ2v) is 8.21. The van der Waals surface area contributed by atoms with Gasteiger partial charge in [0.2, 0.25) is 12.7 Å². The van der Waals surface area contributed by atoms with Crippen LogP contribution in [-0.2, 0) is 17.9 Å². The van der Waals surface area contributed by atoms with E-state index in [1.807, 2.05) is 41.1 Å². The number of piperidine rings is 1. The first kappa shape index (κ1) is 19.6. The van der Waals surface area contributed by atoms with E-state index in [0.29, 0.717) is 6.54 Å². The van der Waals surface area contributed by atoms with Crippen LogP contribution in [0.1, 0.15) is 24.0 Å². The second kappa shape index (κ2) is 8.43. The van der Waals surface area contributed by atoms with Gasteiger partial charge in [0.25, 0.3) is 0 Å². The summed E-state index contributed by atoms with van der Waals surface area (Å²) in [6.45, 7) is 3.46. The average Bonchev–Trinajstić information content (AvgIpc) is 3.41. The number of primary amides is 1. The largest absolute Gasteiger partial charge is 0.454 e. The van der Waals surface area contributed by atoms with Crippen molar-refractivity contribution in [3.05, 3.63) is 65.9 Å². The molecule has 1 amide bonds. The number of nitrogens with zero attached hydrogens (tertiary/aromatic N) is 3. The normalized spacial score (nSPS) is 16.5. The number of hydrogen-bond acceptors (Lipinski definition) is 5. The molecule has 0 aliphatic carbocycles. The van der Waals surface area contributed by atoms with E-state index in [2.05, 4.69) is 23.2 Å². The molecule has 0 saturated carbocycles. The number of nitrogens with two attached hydrogens (primary N) is 1. The number of aromatic nitrogens is 2. The molecule has 7 heteroatoms. The molecule has 0 radical (unpaired) electrons. The van der Waals surface area contributed by atoms with Gasteiger partial charge in [0.1, 0.15) is 0 Å². The third-order valence-electron chi connectivity index (χ3n) is 6.05. The Labute approximate surface area is 181 Å². The Balaban J connectivity index is 1.42. The number of rotatable bonds is 6. The zero-order valence-corrected chi connectivity index (χ0v) is 17.4. The second-order valence-electron chi connectivity index (χ2n) is 8.21. The van der Waals surface area contributed by atoms with Crippen molar-refractivity contribution in [2.24, 2.45) is 11.7 Å². The van der Waals surface area contributed by atoms with Crippen molar-refractivity contribution in [3.63, 3.8) is 0 Å². The molecule has 3 aromatic rings. The van der Waals surface area contributed by atoms with E-state index in [1.165, 1.54) is 5.56 Å². The van der Waals surface area contributed by atoms with Crippen LogP contribution in [0.2, 0.25) is 0 Å². The fraction of sp³-hybridized carbons (Fsp3) is 0.333. The molecule has 0 bridgehead atoms. The van der Waals surface area contributed by atoms with Crippen LogP contribution in [0, 0.1) is 5.92 Å². The highest BCUT2D eigenvalue weighted by atomic mass is 16.7. The molecule has 0 atom stereocenters. The predicted octanol–water partition coefficient (Wildman–Crippen LogP) is 3.02. The van der Waals surface area contributed by atoms with Gasteiger partial charge in [-0.15, -0.1) is 0 Å². The number of fused-ring (bicyclic) bond motifs is 1. The zero-order valence-electron chi connectivity index (χ0n) is 17.4. The Kier molecular flexibility index (Phi) is 5.34. The highest BCUT2D eigenvalue weighted by Crippen LogP contribution is 2.36. The number of ether oxygens (including phenoxy) is 2. The Morgan fingerprint density at radius 2 is 1.81 bits per heavy atom. The van der Waals surface area contributed by atoms with Gasteiger partial charge >= 0.3 is 0 Å². The maximum absolute atomic E-state index is 11.5. The lowest BCUT2D eigenvalue weighted by molar-refractivity contribution is -0.123. The van der Waals surface area contributed by atoms with Crippen molar-refractivity contribution < 1.29 is 14.3 Å². The third-order valence-corrected chi connectivity index (χ3v) is 6.05. The van der Waals surface area contributed by atoms with Gasteiger partial charge in [0, 0.05) is 29.8 Å². The first-order valence-corrected chi connectivity index (χ1v) is 10.7. The summed E-state index contributed by atoms with van der Waals surface area (Å²) in [7, 11) is 0. The van der Waals surface area contributed by atoms with Gasteiger partial charge in [-0.2, -0.15) is 5.10 Å². The summed E-state index contributed by atoms with van der Waals surface area (Å²) in [5, 5.41) is 4.93. The maximum Gasteiger partial charge on any atom is 0.231 e. The molecule has 1 saturated heterocycles. The minimum Gasteiger partial charge on any atom is -0.454 e. The topological polar surface area (TPSA) is 82.6 Å².